The van der Waals surface area contributed by atoms with Gasteiger partial charge in [-0.25, -0.2) is 4.79 Å². The number of halogens is 4. The molecule has 37 heavy (non-hydrogen) atoms. The lowest BCUT2D eigenvalue weighted by Crippen LogP contribution is -2.50. The molecule has 0 aliphatic carbocycles. The molecule has 0 aliphatic heterocycles. The number of anilines is 1. The topological polar surface area (TPSA) is 77.8 Å². The predicted molar refractivity (Wildman–Crippen MR) is 135 cm³/mol. The summed E-state index contributed by atoms with van der Waals surface area (Å²) in [5.41, 5.74) is -0.284. The van der Waals surface area contributed by atoms with Crippen molar-refractivity contribution in [2.24, 2.45) is 0 Å². The smallest absolute Gasteiger partial charge is 0.322 e. The number of amides is 2. The van der Waals surface area contributed by atoms with Crippen LogP contribution in [0, 0.1) is 11.3 Å². The van der Waals surface area contributed by atoms with Gasteiger partial charge < -0.3 is 10.6 Å². The van der Waals surface area contributed by atoms with Gasteiger partial charge in [0, 0.05) is 18.3 Å². The van der Waals surface area contributed by atoms with Gasteiger partial charge in [0.2, 0.25) is 0 Å². The Kier molecular flexibility index (Phi) is 7.46. The van der Waals surface area contributed by atoms with Crippen molar-refractivity contribution in [3.8, 4) is 6.07 Å². The van der Waals surface area contributed by atoms with Crippen LogP contribution in [0.2, 0.25) is 5.02 Å². The minimum atomic E-state index is -4.59. The van der Waals surface area contributed by atoms with Gasteiger partial charge in [-0.15, -0.1) is 0 Å². The van der Waals surface area contributed by atoms with E-state index in [0.717, 1.165) is 17.7 Å². The Morgan fingerprint density at radius 1 is 0.919 bits per heavy atom. The van der Waals surface area contributed by atoms with Crippen LogP contribution in [-0.4, -0.2) is 11.0 Å². The standard InChI is InChI=1S/C28H20ClF3N4O/c29-23-11-14-25(34-18-23)27(16-19-5-2-1-3-6-19,21-7-4-8-22(15-21)28(30,31)32)36-26(37)35-24-12-9-20(17-33)10-13-24/h1-15,18H,16H2,(H2,35,36,37). The SMILES string of the molecule is N#Cc1ccc(NC(=O)NC(Cc2ccccc2)(c2cccc(C(F)(F)F)c2)c2ccc(Cl)cn2)cc1. The van der Waals surface area contributed by atoms with Gasteiger partial charge in [0.1, 0.15) is 5.54 Å². The number of carbonyl (C=O) groups excluding carboxylic acids is 1. The fourth-order valence-electron chi connectivity index (χ4n) is 4.00. The maximum atomic E-state index is 13.7. The molecule has 1 unspecified atom stereocenters. The second kappa shape index (κ2) is 10.7. The average molecular weight is 521 g/mol. The third kappa shape index (κ3) is 6.08. The number of alkyl halides is 3. The Labute approximate surface area is 216 Å². The molecule has 0 radical (unpaired) electrons. The number of aromatic nitrogens is 1. The molecule has 1 atom stereocenters. The van der Waals surface area contributed by atoms with Crippen LogP contribution in [0.1, 0.15) is 27.9 Å². The summed E-state index contributed by atoms with van der Waals surface area (Å²) in [7, 11) is 0. The number of carbonyl (C=O) groups is 1. The van der Waals surface area contributed by atoms with Crippen molar-refractivity contribution in [3.63, 3.8) is 0 Å². The van der Waals surface area contributed by atoms with E-state index < -0.39 is 23.3 Å². The highest BCUT2D eigenvalue weighted by Gasteiger charge is 2.40. The fraction of sp³-hybridized carbons (Fsp3) is 0.107. The van der Waals surface area contributed by atoms with Crippen LogP contribution in [0.5, 0.6) is 0 Å². The van der Waals surface area contributed by atoms with Gasteiger partial charge in [-0.3, -0.25) is 4.98 Å². The first-order chi connectivity index (χ1) is 17.7. The summed E-state index contributed by atoms with van der Waals surface area (Å²) in [5.74, 6) is 0. The average Bonchev–Trinajstić information content (AvgIpc) is 2.89. The minimum absolute atomic E-state index is 0.102. The Morgan fingerprint density at radius 3 is 2.24 bits per heavy atom. The van der Waals surface area contributed by atoms with Crippen LogP contribution < -0.4 is 10.6 Å². The molecule has 5 nitrogen and oxygen atoms in total. The molecule has 3 aromatic carbocycles. The molecule has 0 saturated heterocycles. The van der Waals surface area contributed by atoms with E-state index in [0.29, 0.717) is 22.0 Å². The van der Waals surface area contributed by atoms with Crippen molar-refractivity contribution < 1.29 is 18.0 Å². The third-order valence-electron chi connectivity index (χ3n) is 5.76. The monoisotopic (exact) mass is 520 g/mol. The van der Waals surface area contributed by atoms with E-state index in [2.05, 4.69) is 15.6 Å². The molecule has 4 aromatic rings. The maximum Gasteiger partial charge on any atom is 0.416 e. The Bertz CT molecular complexity index is 1420. The zero-order valence-electron chi connectivity index (χ0n) is 19.3. The maximum absolute atomic E-state index is 13.7. The van der Waals surface area contributed by atoms with Crippen LogP contribution in [0.3, 0.4) is 0 Å². The van der Waals surface area contributed by atoms with E-state index in [1.54, 1.807) is 48.5 Å². The van der Waals surface area contributed by atoms with Crippen LogP contribution >= 0.6 is 11.6 Å². The van der Waals surface area contributed by atoms with Gasteiger partial charge in [-0.1, -0.05) is 54.1 Å². The summed E-state index contributed by atoms with van der Waals surface area (Å²) in [5, 5.41) is 14.9. The lowest BCUT2D eigenvalue weighted by atomic mass is 9.80. The molecule has 4 rings (SSSR count). The number of benzene rings is 3. The highest BCUT2D eigenvalue weighted by Crippen LogP contribution is 2.37. The molecule has 0 bridgehead atoms. The summed E-state index contributed by atoms with van der Waals surface area (Å²) in [4.78, 5) is 17.7. The van der Waals surface area contributed by atoms with Gasteiger partial charge >= 0.3 is 12.2 Å². The molecule has 0 saturated carbocycles. The molecule has 2 amide bonds. The van der Waals surface area contributed by atoms with Gasteiger partial charge in [-0.05, 0) is 59.7 Å². The first-order valence-corrected chi connectivity index (χ1v) is 11.5. The minimum Gasteiger partial charge on any atom is -0.322 e. The zero-order valence-corrected chi connectivity index (χ0v) is 20.0. The molecular formula is C28H20ClF3N4O. The number of urea groups is 1. The highest BCUT2D eigenvalue weighted by atomic mass is 35.5. The van der Waals surface area contributed by atoms with Crippen molar-refractivity contribution in [2.45, 2.75) is 18.1 Å². The first-order valence-electron chi connectivity index (χ1n) is 11.1. The number of hydrogen-bond acceptors (Lipinski definition) is 3. The molecule has 0 spiro atoms. The molecule has 1 aromatic heterocycles. The van der Waals surface area contributed by atoms with Crippen LogP contribution in [0.4, 0.5) is 23.7 Å². The summed E-state index contributed by atoms with van der Waals surface area (Å²) in [6.07, 6.45) is -3.11. The largest absolute Gasteiger partial charge is 0.416 e. The molecule has 186 valence electrons. The Morgan fingerprint density at radius 2 is 1.62 bits per heavy atom. The van der Waals surface area contributed by atoms with Crippen molar-refractivity contribution in [3.05, 3.63) is 130 Å². The van der Waals surface area contributed by atoms with E-state index in [-0.39, 0.29) is 12.0 Å². The van der Waals surface area contributed by atoms with Gasteiger partial charge in [0.25, 0.3) is 0 Å². The van der Waals surface area contributed by atoms with Crippen molar-refractivity contribution in [1.29, 1.82) is 5.26 Å². The number of pyridine rings is 1. The predicted octanol–water partition coefficient (Wildman–Crippen LogP) is 6.93. The van der Waals surface area contributed by atoms with Gasteiger partial charge in [0.05, 0.1) is 27.9 Å². The number of nitrogens with zero attached hydrogens (tertiary/aromatic N) is 2. The highest BCUT2D eigenvalue weighted by molar-refractivity contribution is 6.30. The number of nitrogens with one attached hydrogen (secondary N) is 2. The molecule has 2 N–H and O–H groups in total. The molecular weight excluding hydrogens is 501 g/mol. The number of nitriles is 1. The summed E-state index contributed by atoms with van der Waals surface area (Å²) in [6, 6.07) is 24.5. The fourth-order valence-corrected chi connectivity index (χ4v) is 4.11. The number of hydrogen-bond donors (Lipinski definition) is 2. The summed E-state index contributed by atoms with van der Waals surface area (Å²) in [6.45, 7) is 0. The molecule has 0 fully saturated rings. The Balaban J connectivity index is 1.85. The van der Waals surface area contributed by atoms with Crippen LogP contribution in [-0.2, 0) is 18.1 Å². The lowest BCUT2D eigenvalue weighted by Gasteiger charge is -2.36. The second-order valence-corrected chi connectivity index (χ2v) is 8.71. The lowest BCUT2D eigenvalue weighted by molar-refractivity contribution is -0.137. The normalized spacial score (nSPS) is 12.7. The van der Waals surface area contributed by atoms with E-state index in [1.807, 2.05) is 24.3 Å². The van der Waals surface area contributed by atoms with Crippen molar-refractivity contribution in [1.82, 2.24) is 10.3 Å². The quantitative estimate of drug-likeness (QED) is 0.289. The Hall–Kier alpha value is -4.35. The summed E-state index contributed by atoms with van der Waals surface area (Å²) >= 11 is 6.06. The van der Waals surface area contributed by atoms with E-state index in [4.69, 9.17) is 16.9 Å². The van der Waals surface area contributed by atoms with Crippen LogP contribution in [0.25, 0.3) is 0 Å². The van der Waals surface area contributed by atoms with Gasteiger partial charge in [-0.2, -0.15) is 18.4 Å². The van der Waals surface area contributed by atoms with E-state index in [1.165, 1.54) is 18.3 Å². The zero-order chi connectivity index (χ0) is 26.5. The molecule has 1 heterocycles. The van der Waals surface area contributed by atoms with E-state index >= 15 is 0 Å². The molecule has 9 heteroatoms. The second-order valence-electron chi connectivity index (χ2n) is 8.28. The number of rotatable bonds is 6. The van der Waals surface area contributed by atoms with Crippen molar-refractivity contribution >= 4 is 23.3 Å². The molecule has 0 aliphatic rings. The van der Waals surface area contributed by atoms with E-state index in [9.17, 15) is 18.0 Å². The first kappa shape index (κ1) is 25.7. The third-order valence-corrected chi connectivity index (χ3v) is 5.98. The van der Waals surface area contributed by atoms with Gasteiger partial charge in [0.15, 0.2) is 0 Å². The van der Waals surface area contributed by atoms with Crippen LogP contribution in [0.15, 0.2) is 97.2 Å². The van der Waals surface area contributed by atoms with Crippen molar-refractivity contribution in [2.75, 3.05) is 5.32 Å². The summed E-state index contributed by atoms with van der Waals surface area (Å²) < 4.78 is 41.1.